The Balaban J connectivity index is 1.84. The standard InChI is InChI=1S/C15H20N4O4/c1-11-8-13(18-23-11)10-19(2)15(20)17-12-4-5-14(16-9-12)22-7-6-21-3/h4-5,8-9H,6-7,10H2,1-3H3,(H,17,20). The van der Waals surface area contributed by atoms with E-state index in [0.717, 1.165) is 0 Å². The average Bonchev–Trinajstić information content (AvgIpc) is 2.94. The molecule has 23 heavy (non-hydrogen) atoms. The number of rotatable bonds is 7. The van der Waals surface area contributed by atoms with E-state index in [1.807, 2.05) is 0 Å². The number of hydrogen-bond donors (Lipinski definition) is 1. The third-order valence-electron chi connectivity index (χ3n) is 2.95. The van der Waals surface area contributed by atoms with Gasteiger partial charge in [-0.3, -0.25) is 0 Å². The van der Waals surface area contributed by atoms with Crippen molar-refractivity contribution in [3.05, 3.63) is 35.9 Å². The third kappa shape index (κ3) is 5.26. The van der Waals surface area contributed by atoms with E-state index >= 15 is 0 Å². The molecule has 0 unspecified atom stereocenters. The molecule has 0 bridgehead atoms. The number of nitrogens with zero attached hydrogens (tertiary/aromatic N) is 3. The van der Waals surface area contributed by atoms with E-state index in [0.29, 0.717) is 42.8 Å². The molecular weight excluding hydrogens is 300 g/mol. The Morgan fingerprint density at radius 3 is 2.83 bits per heavy atom. The average molecular weight is 320 g/mol. The minimum absolute atomic E-state index is 0.263. The summed E-state index contributed by atoms with van der Waals surface area (Å²) in [5.74, 6) is 1.19. The molecule has 0 spiro atoms. The van der Waals surface area contributed by atoms with Crippen LogP contribution in [0.3, 0.4) is 0 Å². The Hall–Kier alpha value is -2.61. The highest BCUT2D eigenvalue weighted by Crippen LogP contribution is 2.12. The van der Waals surface area contributed by atoms with E-state index in [4.69, 9.17) is 14.0 Å². The van der Waals surface area contributed by atoms with Crippen LogP contribution in [0.1, 0.15) is 11.5 Å². The van der Waals surface area contributed by atoms with Gasteiger partial charge >= 0.3 is 6.03 Å². The first kappa shape index (κ1) is 16.8. The van der Waals surface area contributed by atoms with Gasteiger partial charge in [-0.1, -0.05) is 5.16 Å². The molecule has 2 aromatic rings. The van der Waals surface area contributed by atoms with Crippen LogP contribution in [0.5, 0.6) is 5.88 Å². The van der Waals surface area contributed by atoms with Gasteiger partial charge in [-0.05, 0) is 13.0 Å². The molecule has 0 saturated carbocycles. The van der Waals surface area contributed by atoms with Crippen LogP contribution in [-0.2, 0) is 11.3 Å². The number of pyridine rings is 1. The fourth-order valence-corrected chi connectivity index (χ4v) is 1.80. The van der Waals surface area contributed by atoms with Crippen LogP contribution in [0, 0.1) is 6.92 Å². The number of hydrogen-bond acceptors (Lipinski definition) is 6. The zero-order chi connectivity index (χ0) is 16.7. The van der Waals surface area contributed by atoms with Crippen molar-refractivity contribution < 1.29 is 18.8 Å². The maximum atomic E-state index is 12.1. The molecule has 8 nitrogen and oxygen atoms in total. The van der Waals surface area contributed by atoms with E-state index in [2.05, 4.69) is 15.5 Å². The molecule has 2 rings (SSSR count). The zero-order valence-corrected chi connectivity index (χ0v) is 13.4. The molecule has 0 saturated heterocycles. The van der Waals surface area contributed by atoms with Crippen molar-refractivity contribution in [3.8, 4) is 5.88 Å². The summed E-state index contributed by atoms with van der Waals surface area (Å²) in [6.45, 7) is 3.08. The Labute approximate surface area is 134 Å². The number of aryl methyl sites for hydroxylation is 1. The molecule has 2 aromatic heterocycles. The first-order valence-electron chi connectivity index (χ1n) is 7.10. The van der Waals surface area contributed by atoms with Gasteiger partial charge in [-0.15, -0.1) is 0 Å². The summed E-state index contributed by atoms with van der Waals surface area (Å²) in [5, 5.41) is 6.61. The summed E-state index contributed by atoms with van der Waals surface area (Å²) in [5.41, 5.74) is 1.28. The molecule has 0 radical (unpaired) electrons. The van der Waals surface area contributed by atoms with Crippen molar-refractivity contribution in [2.75, 3.05) is 32.7 Å². The number of urea groups is 1. The second kappa shape index (κ2) is 8.14. The van der Waals surface area contributed by atoms with Crippen molar-refractivity contribution in [2.24, 2.45) is 0 Å². The van der Waals surface area contributed by atoms with E-state index in [-0.39, 0.29) is 6.03 Å². The van der Waals surface area contributed by atoms with Crippen LogP contribution in [0.15, 0.2) is 28.9 Å². The first-order valence-corrected chi connectivity index (χ1v) is 7.10. The van der Waals surface area contributed by atoms with Gasteiger partial charge in [0, 0.05) is 26.3 Å². The lowest BCUT2D eigenvalue weighted by molar-refractivity contribution is 0.144. The van der Waals surface area contributed by atoms with Gasteiger partial charge in [0.05, 0.1) is 25.0 Å². The van der Waals surface area contributed by atoms with Gasteiger partial charge < -0.3 is 24.2 Å². The number of ether oxygens (including phenoxy) is 2. The molecule has 8 heteroatoms. The van der Waals surface area contributed by atoms with Crippen molar-refractivity contribution in [1.29, 1.82) is 0 Å². The van der Waals surface area contributed by atoms with Crippen molar-refractivity contribution in [2.45, 2.75) is 13.5 Å². The molecule has 0 aliphatic rings. The van der Waals surface area contributed by atoms with E-state index in [1.165, 1.54) is 11.1 Å². The minimum atomic E-state index is -0.263. The monoisotopic (exact) mass is 320 g/mol. The molecule has 1 N–H and O–H groups in total. The molecule has 0 aliphatic carbocycles. The second-order valence-electron chi connectivity index (χ2n) is 4.94. The topological polar surface area (TPSA) is 89.7 Å². The molecular formula is C15H20N4O4. The molecule has 0 aliphatic heterocycles. The van der Waals surface area contributed by atoms with E-state index < -0.39 is 0 Å². The van der Waals surface area contributed by atoms with Gasteiger partial charge in [0.25, 0.3) is 0 Å². The highest BCUT2D eigenvalue weighted by Gasteiger charge is 2.12. The number of nitrogens with one attached hydrogen (secondary N) is 1. The molecule has 2 heterocycles. The summed E-state index contributed by atoms with van der Waals surface area (Å²) in [7, 11) is 3.28. The molecule has 124 valence electrons. The largest absolute Gasteiger partial charge is 0.475 e. The van der Waals surface area contributed by atoms with Gasteiger partial charge in [-0.25, -0.2) is 9.78 Å². The maximum Gasteiger partial charge on any atom is 0.321 e. The number of carbonyl (C=O) groups is 1. The van der Waals surface area contributed by atoms with Crippen LogP contribution in [0.4, 0.5) is 10.5 Å². The Bertz CT molecular complexity index is 627. The number of amides is 2. The van der Waals surface area contributed by atoms with Gasteiger partial charge in [-0.2, -0.15) is 0 Å². The van der Waals surface area contributed by atoms with Gasteiger partial charge in [0.2, 0.25) is 5.88 Å². The third-order valence-corrected chi connectivity index (χ3v) is 2.95. The van der Waals surface area contributed by atoms with Crippen LogP contribution < -0.4 is 10.1 Å². The van der Waals surface area contributed by atoms with Gasteiger partial charge in [0.15, 0.2) is 0 Å². The van der Waals surface area contributed by atoms with Crippen LogP contribution in [0.25, 0.3) is 0 Å². The van der Waals surface area contributed by atoms with Crippen molar-refractivity contribution in [3.63, 3.8) is 0 Å². The van der Waals surface area contributed by atoms with Gasteiger partial charge in [0.1, 0.15) is 18.1 Å². The molecule has 0 atom stereocenters. The Kier molecular flexibility index (Phi) is 5.93. The lowest BCUT2D eigenvalue weighted by Gasteiger charge is -2.16. The predicted molar refractivity (Wildman–Crippen MR) is 83.3 cm³/mol. The van der Waals surface area contributed by atoms with E-state index in [1.54, 1.807) is 39.3 Å². The summed E-state index contributed by atoms with van der Waals surface area (Å²) in [4.78, 5) is 17.7. The molecule has 0 fully saturated rings. The first-order chi connectivity index (χ1) is 11.1. The zero-order valence-electron chi connectivity index (χ0n) is 13.4. The van der Waals surface area contributed by atoms with Crippen LogP contribution >= 0.6 is 0 Å². The number of methoxy groups -OCH3 is 1. The Morgan fingerprint density at radius 1 is 1.39 bits per heavy atom. The Morgan fingerprint density at radius 2 is 2.22 bits per heavy atom. The predicted octanol–water partition coefficient (Wildman–Crippen LogP) is 2.07. The fraction of sp³-hybridized carbons (Fsp3) is 0.400. The lowest BCUT2D eigenvalue weighted by Crippen LogP contribution is -2.30. The fourth-order valence-electron chi connectivity index (χ4n) is 1.80. The summed E-state index contributed by atoms with van der Waals surface area (Å²) >= 11 is 0. The normalized spacial score (nSPS) is 10.4. The van der Waals surface area contributed by atoms with Crippen molar-refractivity contribution in [1.82, 2.24) is 15.0 Å². The molecule has 0 aromatic carbocycles. The number of anilines is 1. The van der Waals surface area contributed by atoms with E-state index in [9.17, 15) is 4.79 Å². The molecule has 2 amide bonds. The SMILES string of the molecule is COCCOc1ccc(NC(=O)N(C)Cc2cc(C)on2)cn1. The summed E-state index contributed by atoms with van der Waals surface area (Å²) in [6.07, 6.45) is 1.54. The van der Waals surface area contributed by atoms with Crippen LogP contribution in [0.2, 0.25) is 0 Å². The maximum absolute atomic E-state index is 12.1. The highest BCUT2D eigenvalue weighted by atomic mass is 16.5. The second-order valence-corrected chi connectivity index (χ2v) is 4.94. The highest BCUT2D eigenvalue weighted by molar-refractivity contribution is 5.88. The number of carbonyl (C=O) groups excluding carboxylic acids is 1. The number of aromatic nitrogens is 2. The quantitative estimate of drug-likeness (QED) is 0.786. The minimum Gasteiger partial charge on any atom is -0.475 e. The summed E-state index contributed by atoms with van der Waals surface area (Å²) < 4.78 is 15.2. The summed E-state index contributed by atoms with van der Waals surface area (Å²) in [6, 6.07) is 4.94. The van der Waals surface area contributed by atoms with Crippen molar-refractivity contribution >= 4 is 11.7 Å². The van der Waals surface area contributed by atoms with Crippen LogP contribution in [-0.4, -0.2) is 48.4 Å². The smallest absolute Gasteiger partial charge is 0.321 e. The lowest BCUT2D eigenvalue weighted by atomic mass is 10.3.